The first-order valence-corrected chi connectivity index (χ1v) is 7.67. The summed E-state index contributed by atoms with van der Waals surface area (Å²) in [5, 5.41) is 2.52. The molecule has 0 atom stereocenters. The van der Waals surface area contributed by atoms with Crippen LogP contribution in [0.4, 0.5) is 4.79 Å². The Morgan fingerprint density at radius 1 is 1.21 bits per heavy atom. The summed E-state index contributed by atoms with van der Waals surface area (Å²) in [5.41, 5.74) is 0.959. The van der Waals surface area contributed by atoms with Gasteiger partial charge >= 0.3 is 6.03 Å². The molecule has 0 heterocycles. The second-order valence-corrected chi connectivity index (χ2v) is 6.54. The van der Waals surface area contributed by atoms with Crippen LogP contribution in [0, 0.1) is 12.8 Å². The Morgan fingerprint density at radius 3 is 2.32 bits per heavy atom. The van der Waals surface area contributed by atoms with Gasteiger partial charge in [0.05, 0.1) is 4.90 Å². The second-order valence-electron chi connectivity index (χ2n) is 4.86. The van der Waals surface area contributed by atoms with E-state index in [1.165, 1.54) is 12.1 Å². The predicted molar refractivity (Wildman–Crippen MR) is 74.4 cm³/mol. The minimum atomic E-state index is -3.79. The highest BCUT2D eigenvalue weighted by Gasteiger charge is 2.16. The zero-order valence-electron chi connectivity index (χ0n) is 11.4. The third-order valence-corrected chi connectivity index (χ3v) is 3.91. The first-order chi connectivity index (χ1) is 8.81. The number of sulfonamides is 1. The third kappa shape index (κ3) is 5.30. The van der Waals surface area contributed by atoms with Crippen LogP contribution in [0.2, 0.25) is 0 Å². The SMILES string of the molecule is Cc1ccc(S(=O)(=O)NC(=O)NCCC(C)C)cc1. The number of carbonyl (C=O) groups is 1. The van der Waals surface area contributed by atoms with Gasteiger partial charge in [0.2, 0.25) is 0 Å². The van der Waals surface area contributed by atoms with Crippen LogP contribution in [0.25, 0.3) is 0 Å². The van der Waals surface area contributed by atoms with Crippen molar-refractivity contribution in [3.8, 4) is 0 Å². The summed E-state index contributed by atoms with van der Waals surface area (Å²) >= 11 is 0. The lowest BCUT2D eigenvalue weighted by Gasteiger charge is -2.09. The summed E-state index contributed by atoms with van der Waals surface area (Å²) in [6, 6.07) is 5.62. The maximum atomic E-state index is 11.9. The molecule has 0 spiro atoms. The first-order valence-electron chi connectivity index (χ1n) is 6.18. The molecule has 0 bridgehead atoms. The van der Waals surface area contributed by atoms with Gasteiger partial charge < -0.3 is 5.32 Å². The van der Waals surface area contributed by atoms with Gasteiger partial charge in [0.25, 0.3) is 10.0 Å². The van der Waals surface area contributed by atoms with Crippen molar-refractivity contribution in [2.45, 2.75) is 32.1 Å². The van der Waals surface area contributed by atoms with E-state index in [9.17, 15) is 13.2 Å². The highest BCUT2D eigenvalue weighted by molar-refractivity contribution is 7.90. The Labute approximate surface area is 114 Å². The van der Waals surface area contributed by atoms with E-state index in [1.807, 2.05) is 25.5 Å². The number of urea groups is 1. The highest BCUT2D eigenvalue weighted by Crippen LogP contribution is 2.09. The van der Waals surface area contributed by atoms with Crippen molar-refractivity contribution >= 4 is 16.1 Å². The summed E-state index contributed by atoms with van der Waals surface area (Å²) in [6.45, 7) is 6.38. The number of hydrogen-bond donors (Lipinski definition) is 2. The Kier molecular flexibility index (Phi) is 5.35. The van der Waals surface area contributed by atoms with Crippen LogP contribution < -0.4 is 10.0 Å². The molecule has 5 nitrogen and oxygen atoms in total. The van der Waals surface area contributed by atoms with Crippen molar-refractivity contribution in [2.24, 2.45) is 5.92 Å². The van der Waals surface area contributed by atoms with Crippen LogP contribution in [-0.2, 0) is 10.0 Å². The summed E-state index contributed by atoms with van der Waals surface area (Å²) in [6.07, 6.45) is 0.804. The monoisotopic (exact) mass is 284 g/mol. The molecule has 1 rings (SSSR count). The van der Waals surface area contributed by atoms with Gasteiger partial charge in [-0.25, -0.2) is 17.9 Å². The number of amides is 2. The molecule has 19 heavy (non-hydrogen) atoms. The molecular formula is C13H20N2O3S. The molecule has 0 saturated carbocycles. The van der Waals surface area contributed by atoms with Crippen molar-refractivity contribution in [3.05, 3.63) is 29.8 Å². The molecule has 2 amide bonds. The fourth-order valence-corrected chi connectivity index (χ4v) is 2.34. The van der Waals surface area contributed by atoms with Gasteiger partial charge in [-0.15, -0.1) is 0 Å². The minimum absolute atomic E-state index is 0.0807. The minimum Gasteiger partial charge on any atom is -0.337 e. The van der Waals surface area contributed by atoms with Gasteiger partial charge in [-0.05, 0) is 31.4 Å². The van der Waals surface area contributed by atoms with E-state index in [0.717, 1.165) is 12.0 Å². The normalized spacial score (nSPS) is 11.4. The molecule has 6 heteroatoms. The number of carbonyl (C=O) groups excluding carboxylic acids is 1. The molecule has 2 N–H and O–H groups in total. The van der Waals surface area contributed by atoms with E-state index >= 15 is 0 Å². The average Bonchev–Trinajstić information content (AvgIpc) is 2.28. The highest BCUT2D eigenvalue weighted by atomic mass is 32.2. The molecular weight excluding hydrogens is 264 g/mol. The summed E-state index contributed by atoms with van der Waals surface area (Å²) in [7, 11) is -3.79. The van der Waals surface area contributed by atoms with Crippen LogP contribution in [0.5, 0.6) is 0 Å². The van der Waals surface area contributed by atoms with E-state index in [2.05, 4.69) is 5.32 Å². The number of benzene rings is 1. The maximum Gasteiger partial charge on any atom is 0.328 e. The fraction of sp³-hybridized carbons (Fsp3) is 0.462. The van der Waals surface area contributed by atoms with Gasteiger partial charge in [0.1, 0.15) is 0 Å². The zero-order valence-corrected chi connectivity index (χ0v) is 12.3. The number of aryl methyl sites for hydroxylation is 1. The Balaban J connectivity index is 2.59. The van der Waals surface area contributed by atoms with Crippen LogP contribution in [0.1, 0.15) is 25.8 Å². The molecule has 106 valence electrons. The second kappa shape index (κ2) is 6.56. The number of nitrogens with one attached hydrogen (secondary N) is 2. The largest absolute Gasteiger partial charge is 0.337 e. The molecule has 1 aromatic carbocycles. The maximum absolute atomic E-state index is 11.9. The van der Waals surface area contributed by atoms with E-state index in [4.69, 9.17) is 0 Å². The molecule has 0 radical (unpaired) electrons. The Morgan fingerprint density at radius 2 is 1.79 bits per heavy atom. The van der Waals surface area contributed by atoms with Gasteiger partial charge in [-0.1, -0.05) is 31.5 Å². The molecule has 0 unspecified atom stereocenters. The fourth-order valence-electron chi connectivity index (χ4n) is 1.41. The van der Waals surface area contributed by atoms with Crippen LogP contribution in [0.3, 0.4) is 0 Å². The van der Waals surface area contributed by atoms with Crippen molar-refractivity contribution < 1.29 is 13.2 Å². The lowest BCUT2D eigenvalue weighted by Crippen LogP contribution is -2.40. The van der Waals surface area contributed by atoms with Crippen molar-refractivity contribution in [2.75, 3.05) is 6.54 Å². The molecule has 1 aromatic rings. The first kappa shape index (κ1) is 15.5. The quantitative estimate of drug-likeness (QED) is 0.868. The van der Waals surface area contributed by atoms with E-state index < -0.39 is 16.1 Å². The zero-order chi connectivity index (χ0) is 14.5. The number of rotatable bonds is 5. The molecule has 0 aliphatic rings. The third-order valence-electron chi connectivity index (χ3n) is 2.57. The average molecular weight is 284 g/mol. The lowest BCUT2D eigenvalue weighted by molar-refractivity contribution is 0.245. The van der Waals surface area contributed by atoms with Crippen LogP contribution >= 0.6 is 0 Å². The van der Waals surface area contributed by atoms with Gasteiger partial charge in [0.15, 0.2) is 0 Å². The summed E-state index contributed by atoms with van der Waals surface area (Å²) < 4.78 is 25.7. The lowest BCUT2D eigenvalue weighted by atomic mass is 10.1. The summed E-state index contributed by atoms with van der Waals surface area (Å²) in [5.74, 6) is 0.453. The standard InChI is InChI=1S/C13H20N2O3S/c1-10(2)8-9-14-13(16)15-19(17,18)12-6-4-11(3)5-7-12/h4-7,10H,8-9H2,1-3H3,(H2,14,15,16). The van der Waals surface area contributed by atoms with E-state index in [-0.39, 0.29) is 4.90 Å². The van der Waals surface area contributed by atoms with Crippen LogP contribution in [-0.4, -0.2) is 21.0 Å². The molecule has 0 aliphatic heterocycles. The predicted octanol–water partition coefficient (Wildman–Crippen LogP) is 2.03. The van der Waals surface area contributed by atoms with Gasteiger partial charge in [-0.2, -0.15) is 0 Å². The molecule has 0 aliphatic carbocycles. The van der Waals surface area contributed by atoms with E-state index in [0.29, 0.717) is 12.5 Å². The topological polar surface area (TPSA) is 75.3 Å². The molecule has 0 saturated heterocycles. The summed E-state index contributed by atoms with van der Waals surface area (Å²) in [4.78, 5) is 11.6. The van der Waals surface area contributed by atoms with Crippen molar-refractivity contribution in [1.82, 2.24) is 10.0 Å². The van der Waals surface area contributed by atoms with Crippen molar-refractivity contribution in [3.63, 3.8) is 0 Å². The van der Waals surface area contributed by atoms with Crippen LogP contribution in [0.15, 0.2) is 29.2 Å². The van der Waals surface area contributed by atoms with Crippen molar-refractivity contribution in [1.29, 1.82) is 0 Å². The van der Waals surface area contributed by atoms with Gasteiger partial charge in [0, 0.05) is 6.54 Å². The smallest absolute Gasteiger partial charge is 0.328 e. The Hall–Kier alpha value is -1.56. The van der Waals surface area contributed by atoms with E-state index in [1.54, 1.807) is 12.1 Å². The number of hydrogen-bond acceptors (Lipinski definition) is 3. The Bertz CT molecular complexity index is 521. The van der Waals surface area contributed by atoms with Gasteiger partial charge in [-0.3, -0.25) is 0 Å². The molecule has 0 aromatic heterocycles. The molecule has 0 fully saturated rings.